The van der Waals surface area contributed by atoms with Crippen molar-refractivity contribution in [1.29, 1.82) is 0 Å². The summed E-state index contributed by atoms with van der Waals surface area (Å²) < 4.78 is 0. The fourth-order valence-corrected chi connectivity index (χ4v) is 8.19. The van der Waals surface area contributed by atoms with E-state index < -0.39 is 0 Å². The molecule has 4 aliphatic carbocycles. The summed E-state index contributed by atoms with van der Waals surface area (Å²) in [5.74, 6) is 7.46. The third-order valence-corrected chi connectivity index (χ3v) is 8.20. The molecule has 1 heteroatoms. The standard InChI is InChI=1S/C21H34O/c1-20(2,3)18-14-9-15(19(18)21(4,5)6)17-13-8-11(16(14)17)7-12(13)10-22/h10-19H,7-9H2,1-6H3. The Hall–Kier alpha value is -0.330. The van der Waals surface area contributed by atoms with Gasteiger partial charge in [0.25, 0.3) is 0 Å². The van der Waals surface area contributed by atoms with Gasteiger partial charge in [-0.2, -0.15) is 0 Å². The van der Waals surface area contributed by atoms with Crippen molar-refractivity contribution in [2.75, 3.05) is 0 Å². The molecule has 0 amide bonds. The van der Waals surface area contributed by atoms with Crippen LogP contribution >= 0.6 is 0 Å². The lowest BCUT2D eigenvalue weighted by atomic mass is 9.52. The normalized spacial score (nSPS) is 53.1. The van der Waals surface area contributed by atoms with Gasteiger partial charge in [-0.1, -0.05) is 41.5 Å². The fourth-order valence-electron chi connectivity index (χ4n) is 8.19. The van der Waals surface area contributed by atoms with Crippen LogP contribution in [0.5, 0.6) is 0 Å². The first-order valence-corrected chi connectivity index (χ1v) is 9.60. The molecule has 0 spiro atoms. The number of hydrogen-bond acceptors (Lipinski definition) is 1. The molecule has 4 bridgehead atoms. The van der Waals surface area contributed by atoms with Gasteiger partial charge < -0.3 is 4.79 Å². The largest absolute Gasteiger partial charge is 0.303 e. The topological polar surface area (TPSA) is 17.1 Å². The van der Waals surface area contributed by atoms with E-state index in [0.717, 1.165) is 47.3 Å². The maximum Gasteiger partial charge on any atom is 0.123 e. The van der Waals surface area contributed by atoms with Crippen LogP contribution in [-0.2, 0) is 4.79 Å². The van der Waals surface area contributed by atoms with Crippen molar-refractivity contribution in [3.63, 3.8) is 0 Å². The van der Waals surface area contributed by atoms with Crippen LogP contribution in [0.15, 0.2) is 0 Å². The summed E-state index contributed by atoms with van der Waals surface area (Å²) in [6, 6.07) is 0. The average molecular weight is 303 g/mol. The predicted octanol–water partition coefficient (Wildman–Crippen LogP) is 5.05. The number of fused-ring (bicyclic) bond motifs is 9. The quantitative estimate of drug-likeness (QED) is 0.489. The molecule has 4 saturated carbocycles. The smallest absolute Gasteiger partial charge is 0.123 e. The SMILES string of the molecule is CC(C)(C)C1C2CC(C3C4CC(CC4C=O)C23)C1C(C)(C)C. The molecule has 0 aromatic rings. The van der Waals surface area contributed by atoms with E-state index in [9.17, 15) is 4.79 Å². The third-order valence-electron chi connectivity index (χ3n) is 8.20. The lowest BCUT2D eigenvalue weighted by Crippen LogP contribution is -2.48. The molecule has 0 heterocycles. The van der Waals surface area contributed by atoms with Crippen molar-refractivity contribution < 1.29 is 4.79 Å². The molecule has 0 aliphatic heterocycles. The summed E-state index contributed by atoms with van der Waals surface area (Å²) in [5.41, 5.74) is 0.828. The summed E-state index contributed by atoms with van der Waals surface area (Å²) >= 11 is 0. The Kier molecular flexibility index (Phi) is 3.04. The highest BCUT2D eigenvalue weighted by molar-refractivity contribution is 5.55. The zero-order valence-electron chi connectivity index (χ0n) is 15.3. The Bertz CT molecular complexity index is 479. The molecular formula is C21H34O. The van der Waals surface area contributed by atoms with Crippen molar-refractivity contribution in [3.05, 3.63) is 0 Å². The molecule has 0 N–H and O–H groups in total. The van der Waals surface area contributed by atoms with Crippen LogP contribution in [0, 0.1) is 64.1 Å². The van der Waals surface area contributed by atoms with Gasteiger partial charge in [0.2, 0.25) is 0 Å². The number of hydrogen-bond donors (Lipinski definition) is 0. The molecule has 4 fully saturated rings. The van der Waals surface area contributed by atoms with Crippen LogP contribution in [0.3, 0.4) is 0 Å². The highest BCUT2D eigenvalue weighted by Crippen LogP contribution is 2.75. The van der Waals surface area contributed by atoms with Gasteiger partial charge in [0, 0.05) is 5.92 Å². The van der Waals surface area contributed by atoms with Gasteiger partial charge in [0.1, 0.15) is 6.29 Å². The highest BCUT2D eigenvalue weighted by Gasteiger charge is 2.69. The maximum atomic E-state index is 11.5. The Morgan fingerprint density at radius 1 is 0.727 bits per heavy atom. The zero-order valence-corrected chi connectivity index (χ0v) is 15.3. The Balaban J connectivity index is 1.73. The van der Waals surface area contributed by atoms with Crippen molar-refractivity contribution in [2.24, 2.45) is 64.1 Å². The molecule has 4 aliphatic rings. The second-order valence-electron chi connectivity index (χ2n) is 11.2. The lowest BCUT2D eigenvalue weighted by molar-refractivity contribution is -0.115. The number of carbonyl (C=O) groups is 1. The fraction of sp³-hybridized carbons (Fsp3) is 0.952. The van der Waals surface area contributed by atoms with Crippen LogP contribution in [-0.4, -0.2) is 6.29 Å². The number of aldehydes is 1. The van der Waals surface area contributed by atoms with Crippen molar-refractivity contribution >= 4 is 6.29 Å². The molecule has 0 saturated heterocycles. The van der Waals surface area contributed by atoms with Gasteiger partial charge in [-0.15, -0.1) is 0 Å². The molecule has 0 radical (unpaired) electrons. The van der Waals surface area contributed by atoms with Gasteiger partial charge in [0.15, 0.2) is 0 Å². The summed E-state index contributed by atoms with van der Waals surface area (Å²) in [6.07, 6.45) is 5.37. The van der Waals surface area contributed by atoms with Crippen LogP contribution in [0.1, 0.15) is 60.8 Å². The molecule has 22 heavy (non-hydrogen) atoms. The first-order valence-electron chi connectivity index (χ1n) is 9.60. The summed E-state index contributed by atoms with van der Waals surface area (Å²) in [5, 5.41) is 0. The van der Waals surface area contributed by atoms with E-state index in [2.05, 4.69) is 41.5 Å². The van der Waals surface area contributed by atoms with E-state index in [1.54, 1.807) is 0 Å². The van der Waals surface area contributed by atoms with Crippen molar-refractivity contribution in [1.82, 2.24) is 0 Å². The third kappa shape index (κ3) is 1.80. The van der Waals surface area contributed by atoms with Crippen LogP contribution < -0.4 is 0 Å². The van der Waals surface area contributed by atoms with Crippen LogP contribution in [0.25, 0.3) is 0 Å². The van der Waals surface area contributed by atoms with Gasteiger partial charge in [-0.3, -0.25) is 0 Å². The van der Waals surface area contributed by atoms with Crippen LogP contribution in [0.4, 0.5) is 0 Å². The Morgan fingerprint density at radius 2 is 1.27 bits per heavy atom. The maximum absolute atomic E-state index is 11.5. The number of carbonyl (C=O) groups excluding carboxylic acids is 1. The summed E-state index contributed by atoms with van der Waals surface area (Å²) in [7, 11) is 0. The first kappa shape index (κ1) is 15.2. The van der Waals surface area contributed by atoms with Crippen LogP contribution in [0.2, 0.25) is 0 Å². The van der Waals surface area contributed by atoms with E-state index in [0.29, 0.717) is 16.7 Å². The lowest BCUT2D eigenvalue weighted by Gasteiger charge is -2.53. The molecule has 124 valence electrons. The molecule has 4 rings (SSSR count). The summed E-state index contributed by atoms with van der Waals surface area (Å²) in [4.78, 5) is 11.5. The van der Waals surface area contributed by atoms with E-state index in [1.807, 2.05) is 0 Å². The van der Waals surface area contributed by atoms with E-state index >= 15 is 0 Å². The number of rotatable bonds is 1. The second kappa shape index (κ2) is 4.39. The van der Waals surface area contributed by atoms with Crippen molar-refractivity contribution in [3.8, 4) is 0 Å². The summed E-state index contributed by atoms with van der Waals surface area (Å²) in [6.45, 7) is 14.8. The molecule has 0 aromatic carbocycles. The van der Waals surface area contributed by atoms with Gasteiger partial charge in [0.05, 0.1) is 0 Å². The highest BCUT2D eigenvalue weighted by atomic mass is 16.1. The predicted molar refractivity (Wildman–Crippen MR) is 90.2 cm³/mol. The average Bonchev–Trinajstić information content (AvgIpc) is 3.11. The Morgan fingerprint density at radius 3 is 1.77 bits per heavy atom. The second-order valence-corrected chi connectivity index (χ2v) is 11.2. The molecule has 1 nitrogen and oxygen atoms in total. The monoisotopic (exact) mass is 302 g/mol. The molecule has 9 atom stereocenters. The van der Waals surface area contributed by atoms with Crippen molar-refractivity contribution in [2.45, 2.75) is 60.8 Å². The van der Waals surface area contributed by atoms with Gasteiger partial charge in [-0.05, 0) is 77.4 Å². The van der Waals surface area contributed by atoms with Gasteiger partial charge >= 0.3 is 0 Å². The first-order chi connectivity index (χ1) is 10.1. The van der Waals surface area contributed by atoms with E-state index in [4.69, 9.17) is 0 Å². The van der Waals surface area contributed by atoms with E-state index in [1.165, 1.54) is 25.5 Å². The molecule has 0 aromatic heterocycles. The Labute approximate surface area is 136 Å². The molecule has 9 unspecified atom stereocenters. The van der Waals surface area contributed by atoms with E-state index in [-0.39, 0.29) is 0 Å². The minimum Gasteiger partial charge on any atom is -0.303 e. The minimum atomic E-state index is 0.402. The molecular weight excluding hydrogens is 268 g/mol. The minimum absolute atomic E-state index is 0.402. The van der Waals surface area contributed by atoms with Gasteiger partial charge in [-0.25, -0.2) is 0 Å². The zero-order chi connectivity index (χ0) is 16.0.